The molecule has 0 bridgehead atoms. The quantitative estimate of drug-likeness (QED) is 0.590. The molecule has 1 aliphatic rings. The number of sulfonamides is 1. The standard InChI is InChI=1S/C20H22FNO4S/c1-13-5-11-16(12-6-13)27(24,25)22-17(14-7-9-15(21)10-8-14)18(22)19(23)26-20(2,3)4/h5-12,17-18H,1-4H3/t17-,18+,22?/m1/s1. The maximum absolute atomic E-state index is 13.3. The fraction of sp³-hybridized carbons (Fsp3) is 0.350. The van der Waals surface area contributed by atoms with Crippen LogP contribution in [0.1, 0.15) is 37.9 Å². The first-order valence-corrected chi connectivity index (χ1v) is 10.0. The number of rotatable bonds is 4. The Hall–Kier alpha value is -2.25. The van der Waals surface area contributed by atoms with E-state index in [-0.39, 0.29) is 4.90 Å². The van der Waals surface area contributed by atoms with E-state index < -0.39 is 39.5 Å². The highest BCUT2D eigenvalue weighted by molar-refractivity contribution is 7.89. The zero-order chi connectivity index (χ0) is 20.0. The van der Waals surface area contributed by atoms with Crippen molar-refractivity contribution in [2.45, 2.75) is 50.3 Å². The molecule has 2 aromatic carbocycles. The molecule has 1 aliphatic heterocycles. The molecule has 1 unspecified atom stereocenters. The number of aryl methyl sites for hydroxylation is 1. The maximum Gasteiger partial charge on any atom is 0.327 e. The highest BCUT2D eigenvalue weighted by Crippen LogP contribution is 2.48. The van der Waals surface area contributed by atoms with Crippen molar-refractivity contribution in [1.82, 2.24) is 4.31 Å². The second-order valence-corrected chi connectivity index (χ2v) is 9.47. The normalized spacial score (nSPS) is 22.3. The van der Waals surface area contributed by atoms with Gasteiger partial charge < -0.3 is 4.74 Å². The van der Waals surface area contributed by atoms with Crippen molar-refractivity contribution < 1.29 is 22.3 Å². The molecule has 3 atom stereocenters. The Kier molecular flexibility index (Phi) is 4.86. The van der Waals surface area contributed by atoms with E-state index in [0.717, 1.165) is 9.87 Å². The SMILES string of the molecule is Cc1ccc(S(=O)(=O)N2[C@H](C(=O)OC(C)(C)C)[C@H]2c2ccc(F)cc2)cc1. The number of benzene rings is 2. The van der Waals surface area contributed by atoms with Gasteiger partial charge >= 0.3 is 5.97 Å². The number of carbonyl (C=O) groups excluding carboxylic acids is 1. The van der Waals surface area contributed by atoms with Crippen LogP contribution in [0.3, 0.4) is 0 Å². The molecule has 0 aromatic heterocycles. The smallest absolute Gasteiger partial charge is 0.327 e. The first-order chi connectivity index (χ1) is 12.5. The first-order valence-electron chi connectivity index (χ1n) is 8.59. The summed E-state index contributed by atoms with van der Waals surface area (Å²) in [6, 6.07) is 10.2. The van der Waals surface area contributed by atoms with Crippen molar-refractivity contribution in [3.8, 4) is 0 Å². The summed E-state index contributed by atoms with van der Waals surface area (Å²) < 4.78 is 45.9. The Bertz CT molecular complexity index is 947. The number of carbonyl (C=O) groups is 1. The molecule has 0 N–H and O–H groups in total. The Labute approximate surface area is 158 Å². The molecule has 0 amide bonds. The molecule has 0 aliphatic carbocycles. The molecule has 1 heterocycles. The second-order valence-electron chi connectivity index (χ2n) is 7.62. The Morgan fingerprint density at radius 1 is 1.04 bits per heavy atom. The summed E-state index contributed by atoms with van der Waals surface area (Å²) in [7, 11) is -3.90. The lowest BCUT2D eigenvalue weighted by Gasteiger charge is -2.19. The Morgan fingerprint density at radius 2 is 1.59 bits per heavy atom. The van der Waals surface area contributed by atoms with E-state index in [1.807, 2.05) is 6.92 Å². The predicted octanol–water partition coefficient (Wildman–Crippen LogP) is 3.59. The van der Waals surface area contributed by atoms with Crippen LogP contribution in [0, 0.1) is 12.7 Å². The predicted molar refractivity (Wildman–Crippen MR) is 99.0 cm³/mol. The lowest BCUT2D eigenvalue weighted by atomic mass is 10.1. The van der Waals surface area contributed by atoms with Crippen LogP contribution in [0.4, 0.5) is 4.39 Å². The van der Waals surface area contributed by atoms with Crippen molar-refractivity contribution in [3.05, 3.63) is 65.5 Å². The van der Waals surface area contributed by atoms with Gasteiger partial charge in [-0.1, -0.05) is 29.8 Å². The van der Waals surface area contributed by atoms with Gasteiger partial charge in [0.25, 0.3) is 0 Å². The molecule has 7 heteroatoms. The molecule has 5 nitrogen and oxygen atoms in total. The molecule has 27 heavy (non-hydrogen) atoms. The molecule has 1 saturated heterocycles. The summed E-state index contributed by atoms with van der Waals surface area (Å²) in [6.45, 7) is 7.02. The summed E-state index contributed by atoms with van der Waals surface area (Å²) >= 11 is 0. The van der Waals surface area contributed by atoms with Crippen LogP contribution in [0.15, 0.2) is 53.4 Å². The van der Waals surface area contributed by atoms with Gasteiger partial charge in [-0.3, -0.25) is 4.79 Å². The molecular weight excluding hydrogens is 369 g/mol. The Morgan fingerprint density at radius 3 is 2.11 bits per heavy atom. The van der Waals surface area contributed by atoms with Gasteiger partial charge in [0.2, 0.25) is 10.0 Å². The fourth-order valence-electron chi connectivity index (χ4n) is 2.93. The van der Waals surface area contributed by atoms with Gasteiger partial charge in [-0.15, -0.1) is 0 Å². The van der Waals surface area contributed by atoms with Crippen LogP contribution in [0.25, 0.3) is 0 Å². The number of halogens is 1. The van der Waals surface area contributed by atoms with Crippen molar-refractivity contribution in [1.29, 1.82) is 0 Å². The third-order valence-electron chi connectivity index (χ3n) is 4.21. The van der Waals surface area contributed by atoms with E-state index in [0.29, 0.717) is 5.56 Å². The number of nitrogens with zero attached hydrogens (tertiary/aromatic N) is 1. The number of ether oxygens (including phenoxy) is 1. The van der Waals surface area contributed by atoms with Gasteiger partial charge in [0.15, 0.2) is 0 Å². The lowest BCUT2D eigenvalue weighted by Crippen LogP contribution is -2.29. The maximum atomic E-state index is 13.3. The van der Waals surface area contributed by atoms with E-state index in [1.165, 1.54) is 36.4 Å². The third-order valence-corrected chi connectivity index (χ3v) is 6.09. The van der Waals surface area contributed by atoms with Gasteiger partial charge in [0.1, 0.15) is 17.5 Å². The summed E-state index contributed by atoms with van der Waals surface area (Å²) in [6.07, 6.45) is 0. The van der Waals surface area contributed by atoms with Gasteiger partial charge in [0, 0.05) is 0 Å². The average molecular weight is 391 g/mol. The highest BCUT2D eigenvalue weighted by atomic mass is 32.2. The van der Waals surface area contributed by atoms with E-state index in [2.05, 4.69) is 0 Å². The van der Waals surface area contributed by atoms with Crippen LogP contribution in [0.2, 0.25) is 0 Å². The van der Waals surface area contributed by atoms with Gasteiger partial charge in [-0.2, -0.15) is 4.31 Å². The first kappa shape index (κ1) is 19.5. The van der Waals surface area contributed by atoms with Crippen LogP contribution < -0.4 is 0 Å². The molecule has 0 spiro atoms. The zero-order valence-corrected chi connectivity index (χ0v) is 16.5. The summed E-state index contributed by atoms with van der Waals surface area (Å²) in [5.41, 5.74) is 0.730. The molecule has 2 aromatic rings. The molecule has 3 rings (SSSR count). The van der Waals surface area contributed by atoms with E-state index in [4.69, 9.17) is 4.74 Å². The van der Waals surface area contributed by atoms with Crippen LogP contribution in [-0.2, 0) is 19.6 Å². The minimum Gasteiger partial charge on any atom is -0.459 e. The number of esters is 1. The van der Waals surface area contributed by atoms with Crippen molar-refractivity contribution >= 4 is 16.0 Å². The molecular formula is C20H22FNO4S. The molecule has 0 radical (unpaired) electrons. The van der Waals surface area contributed by atoms with Crippen molar-refractivity contribution in [3.63, 3.8) is 0 Å². The summed E-state index contributed by atoms with van der Waals surface area (Å²) in [5.74, 6) is -1.05. The van der Waals surface area contributed by atoms with Gasteiger partial charge in [-0.25, -0.2) is 12.8 Å². The van der Waals surface area contributed by atoms with Crippen LogP contribution >= 0.6 is 0 Å². The number of hydrogen-bond acceptors (Lipinski definition) is 4. The summed E-state index contributed by atoms with van der Waals surface area (Å²) in [5, 5.41) is 0. The average Bonchev–Trinajstić information content (AvgIpc) is 3.31. The lowest BCUT2D eigenvalue weighted by molar-refractivity contribution is -0.154. The Balaban J connectivity index is 1.98. The molecule has 0 saturated carbocycles. The van der Waals surface area contributed by atoms with Crippen LogP contribution in [-0.4, -0.2) is 30.3 Å². The van der Waals surface area contributed by atoms with Crippen molar-refractivity contribution in [2.24, 2.45) is 0 Å². The molecule has 144 valence electrons. The summed E-state index contributed by atoms with van der Waals surface area (Å²) in [4.78, 5) is 12.7. The molecule has 1 fully saturated rings. The van der Waals surface area contributed by atoms with E-state index in [9.17, 15) is 17.6 Å². The largest absolute Gasteiger partial charge is 0.459 e. The fourth-order valence-corrected chi connectivity index (χ4v) is 4.63. The monoisotopic (exact) mass is 391 g/mol. The highest BCUT2D eigenvalue weighted by Gasteiger charge is 2.61. The third kappa shape index (κ3) is 4.04. The van der Waals surface area contributed by atoms with Crippen LogP contribution in [0.5, 0.6) is 0 Å². The second kappa shape index (κ2) is 6.73. The minimum absolute atomic E-state index is 0.103. The number of hydrogen-bond donors (Lipinski definition) is 0. The zero-order valence-electron chi connectivity index (χ0n) is 15.6. The van der Waals surface area contributed by atoms with E-state index >= 15 is 0 Å². The van der Waals surface area contributed by atoms with Crippen molar-refractivity contribution in [2.75, 3.05) is 0 Å². The minimum atomic E-state index is -3.90. The van der Waals surface area contributed by atoms with E-state index in [1.54, 1.807) is 32.9 Å². The van der Waals surface area contributed by atoms with Gasteiger partial charge in [-0.05, 0) is 57.5 Å². The topological polar surface area (TPSA) is 63.5 Å². The van der Waals surface area contributed by atoms with Gasteiger partial charge in [0.05, 0.1) is 10.9 Å².